The van der Waals surface area contributed by atoms with E-state index in [1.54, 1.807) is 6.33 Å². The number of benzene rings is 2. The smallest absolute Gasteiger partial charge is 0.391 e. The molecule has 2 amide bonds. The number of likely N-dealkylation sites (tertiary alicyclic amines) is 2. The number of carbonyl (C=O) groups is 2. The van der Waals surface area contributed by atoms with Gasteiger partial charge >= 0.3 is 12.4 Å². The summed E-state index contributed by atoms with van der Waals surface area (Å²) in [6.07, 6.45) is 0.263. The number of aromatic nitrogens is 6. The highest BCUT2D eigenvalue weighted by Crippen LogP contribution is 2.38. The van der Waals surface area contributed by atoms with Gasteiger partial charge in [0.15, 0.2) is 0 Å². The summed E-state index contributed by atoms with van der Waals surface area (Å²) in [6, 6.07) is 13.8. The molecule has 23 heteroatoms. The lowest BCUT2D eigenvalue weighted by molar-refractivity contribution is -0.138. The highest BCUT2D eigenvalue weighted by Gasteiger charge is 2.35. The van der Waals surface area contributed by atoms with Gasteiger partial charge in [0.25, 0.3) is 0 Å². The second-order valence-corrected chi connectivity index (χ2v) is 19.1. The van der Waals surface area contributed by atoms with Gasteiger partial charge in [-0.05, 0) is 92.3 Å². The number of amides is 2. The Morgan fingerprint density at radius 2 is 1.05 bits per heavy atom. The number of carbonyl (C=O) groups excluding carboxylic acids is 2. The highest BCUT2D eigenvalue weighted by molar-refractivity contribution is 5.89. The maximum Gasteiger partial charge on any atom is 0.416 e. The molecule has 0 saturated carbocycles. The van der Waals surface area contributed by atoms with E-state index in [2.05, 4.69) is 39.2 Å². The van der Waals surface area contributed by atoms with Crippen molar-refractivity contribution in [1.82, 2.24) is 38.9 Å². The fraction of sp³-hybridized carbons (Fsp3) is 0.480. The number of hydrogen-bond donors (Lipinski definition) is 3. The van der Waals surface area contributed by atoms with Crippen LogP contribution >= 0.6 is 0 Å². The van der Waals surface area contributed by atoms with Crippen LogP contribution in [0.2, 0.25) is 0 Å². The molecule has 4 saturated heterocycles. The molecule has 4 aliphatic heterocycles. The third kappa shape index (κ3) is 12.0. The van der Waals surface area contributed by atoms with E-state index < -0.39 is 35.5 Å². The Balaban J connectivity index is 0.000000180. The normalized spacial score (nSPS) is 21.8. The monoisotopic (exact) mass is 1020 g/mol. The van der Waals surface area contributed by atoms with Crippen LogP contribution in [0.25, 0.3) is 22.1 Å². The molecule has 6 aromatic rings. The molecule has 0 spiro atoms. The maximum atomic E-state index is 13.1. The third-order valence-corrected chi connectivity index (χ3v) is 14.3. The number of hydrogen-bond acceptors (Lipinski definition) is 13. The van der Waals surface area contributed by atoms with Crippen molar-refractivity contribution < 1.29 is 50.5 Å². The predicted octanol–water partition coefficient (Wildman–Crippen LogP) is 5.42. The van der Waals surface area contributed by atoms with Crippen molar-refractivity contribution in [1.29, 1.82) is 0 Å². The number of primary amides is 2. The zero-order valence-corrected chi connectivity index (χ0v) is 40.0. The van der Waals surface area contributed by atoms with Crippen LogP contribution < -0.4 is 21.3 Å². The fourth-order valence-corrected chi connectivity index (χ4v) is 10.5. The zero-order chi connectivity index (χ0) is 51.4. The molecule has 4 aliphatic rings. The van der Waals surface area contributed by atoms with Gasteiger partial charge in [-0.1, -0.05) is 24.3 Å². The average Bonchev–Trinajstić information content (AvgIpc) is 3.98. The predicted molar refractivity (Wildman–Crippen MR) is 258 cm³/mol. The quantitative estimate of drug-likeness (QED) is 0.132. The number of halogens is 6. The summed E-state index contributed by atoms with van der Waals surface area (Å²) in [6.45, 7) is 7.31. The summed E-state index contributed by atoms with van der Waals surface area (Å²) >= 11 is 0. The van der Waals surface area contributed by atoms with Crippen molar-refractivity contribution in [2.45, 2.75) is 62.9 Å². The molecule has 73 heavy (non-hydrogen) atoms. The van der Waals surface area contributed by atoms with Crippen LogP contribution in [0.15, 0.2) is 85.7 Å². The molecular weight excluding hydrogens is 963 g/mol. The van der Waals surface area contributed by atoms with E-state index in [9.17, 15) is 41.0 Å². The zero-order valence-electron chi connectivity index (χ0n) is 40.0. The van der Waals surface area contributed by atoms with Crippen LogP contribution in [-0.2, 0) is 44.5 Å². The van der Waals surface area contributed by atoms with Gasteiger partial charge in [0.05, 0.1) is 79.6 Å². The number of fused-ring (bicyclic) bond motifs is 2. The molecule has 0 unspecified atom stereocenters. The van der Waals surface area contributed by atoms with E-state index in [4.69, 9.17) is 20.9 Å². The summed E-state index contributed by atoms with van der Waals surface area (Å²) < 4.78 is 93.8. The lowest BCUT2D eigenvalue weighted by Crippen LogP contribution is -2.47. The number of aliphatic hydroxyl groups excluding tert-OH is 1. The summed E-state index contributed by atoms with van der Waals surface area (Å²) in [5.41, 5.74) is 12.3. The first kappa shape index (κ1) is 51.5. The van der Waals surface area contributed by atoms with E-state index in [0.717, 1.165) is 90.2 Å². The van der Waals surface area contributed by atoms with Crippen LogP contribution in [0, 0.1) is 11.8 Å². The number of aliphatic hydroxyl groups is 1. The highest BCUT2D eigenvalue weighted by atomic mass is 19.4. The molecule has 390 valence electrons. The molecule has 4 atom stereocenters. The lowest BCUT2D eigenvalue weighted by atomic mass is 9.93. The van der Waals surface area contributed by atoms with Crippen LogP contribution in [0.4, 0.5) is 38.0 Å². The Morgan fingerprint density at radius 1 is 0.603 bits per heavy atom. The number of nitrogens with two attached hydrogens (primary N) is 2. The third-order valence-electron chi connectivity index (χ3n) is 14.3. The Bertz CT molecular complexity index is 2840. The first-order valence-corrected chi connectivity index (χ1v) is 24.3. The summed E-state index contributed by atoms with van der Waals surface area (Å²) in [7, 11) is 0. The minimum atomic E-state index is -4.39. The largest absolute Gasteiger partial charge is 0.416 e. The van der Waals surface area contributed by atoms with Crippen molar-refractivity contribution in [3.8, 4) is 0 Å². The lowest BCUT2D eigenvalue weighted by Gasteiger charge is -2.37. The fourth-order valence-electron chi connectivity index (χ4n) is 10.5. The Hall–Kier alpha value is -6.40. The first-order chi connectivity index (χ1) is 35.0. The van der Waals surface area contributed by atoms with Crippen LogP contribution in [0.1, 0.15) is 53.6 Å². The van der Waals surface area contributed by atoms with Gasteiger partial charge in [-0.3, -0.25) is 19.4 Å². The summed E-state index contributed by atoms with van der Waals surface area (Å²) in [5, 5.41) is 12.4. The van der Waals surface area contributed by atoms with Crippen LogP contribution in [0.5, 0.6) is 0 Å². The van der Waals surface area contributed by atoms with Crippen molar-refractivity contribution in [3.05, 3.63) is 108 Å². The molecule has 10 rings (SSSR count). The number of nitrogens with zero attached hydrogens (tertiary/aromatic N) is 10. The standard InChI is InChI=1S/C25H29F3N6O3.C25H29F3N6O2/c26-25(27,28)18-3-1-16(2-4-18)20-14-37-10-9-34(20)24-19-6-8-33(23(19)30-15-31-24)11-17-5-7-32(12-21(17)35)13-22(29)36;26-25(27,28)19-3-1-18(2-4-19)21-15-36-12-11-34(21)24-20-7-10-33(23(20)30-16-31-24)13-17-5-8-32(9-6-17)14-22(29)35/h1-4,6,8,15,17,20-21,35H,5,7,9-14H2,(H2,29,36);1-4,7,10,16-17,21H,5-6,8-9,11-15H2,(H2,29,35)/t17-,20-,21+;21-/m10/s1. The average molecular weight is 1020 g/mol. The van der Waals surface area contributed by atoms with E-state index in [1.807, 2.05) is 34.0 Å². The van der Waals surface area contributed by atoms with E-state index in [-0.39, 0.29) is 30.5 Å². The molecule has 0 radical (unpaired) electrons. The summed E-state index contributed by atoms with van der Waals surface area (Å²) in [4.78, 5) is 48.7. The number of β-amino-alcohol motifs (C(OH)–C–C–N with tert-alkyl or cyclic N) is 1. The Morgan fingerprint density at radius 3 is 1.51 bits per heavy atom. The first-order valence-electron chi connectivity index (χ1n) is 24.3. The number of anilines is 2. The maximum absolute atomic E-state index is 13.1. The van der Waals surface area contributed by atoms with Crippen LogP contribution in [0.3, 0.4) is 0 Å². The van der Waals surface area contributed by atoms with Crippen molar-refractivity contribution in [2.75, 3.05) is 88.6 Å². The van der Waals surface area contributed by atoms with Crippen molar-refractivity contribution in [2.24, 2.45) is 23.3 Å². The molecule has 4 aromatic heterocycles. The molecule has 8 heterocycles. The van der Waals surface area contributed by atoms with Gasteiger partial charge in [0.2, 0.25) is 11.8 Å². The summed E-state index contributed by atoms with van der Waals surface area (Å²) in [5.74, 6) is 1.18. The molecule has 5 N–H and O–H groups in total. The minimum Gasteiger partial charge on any atom is -0.391 e. The van der Waals surface area contributed by atoms with Crippen molar-refractivity contribution >= 4 is 45.5 Å². The van der Waals surface area contributed by atoms with Crippen molar-refractivity contribution in [3.63, 3.8) is 0 Å². The molecular formula is C50H58F6N12O5. The molecule has 4 fully saturated rings. The van der Waals surface area contributed by atoms with Gasteiger partial charge in [0, 0.05) is 51.0 Å². The van der Waals surface area contributed by atoms with Gasteiger partial charge in [-0.25, -0.2) is 19.9 Å². The number of ether oxygens (including phenoxy) is 2. The number of morpholine rings is 2. The topological polar surface area (TPSA) is 199 Å². The van der Waals surface area contributed by atoms with E-state index >= 15 is 0 Å². The van der Waals surface area contributed by atoms with Gasteiger partial charge < -0.3 is 45.0 Å². The Labute approximate surface area is 416 Å². The van der Waals surface area contributed by atoms with Gasteiger partial charge in [-0.15, -0.1) is 0 Å². The number of piperidine rings is 2. The molecule has 17 nitrogen and oxygen atoms in total. The minimum absolute atomic E-state index is 0.0126. The SMILES string of the molecule is NC(=O)CN1CCC(Cn2ccc3c(N4CCOC[C@H]4c4ccc(C(F)(F)F)cc4)ncnc32)CC1.NC(=O)CN1CC[C@H](Cn2ccc3c(N4CCOC[C@@H]4c4ccc(C(F)(F)F)cc4)ncnc32)[C@@H](O)C1. The van der Waals surface area contributed by atoms with Crippen LogP contribution in [-0.4, -0.2) is 141 Å². The van der Waals surface area contributed by atoms with Gasteiger partial charge in [-0.2, -0.15) is 26.3 Å². The molecule has 0 bridgehead atoms. The second kappa shape index (κ2) is 22.0. The number of rotatable bonds is 12. The second-order valence-electron chi connectivity index (χ2n) is 19.1. The number of alkyl halides is 6. The van der Waals surface area contributed by atoms with E-state index in [1.165, 1.54) is 30.6 Å². The molecule has 2 aromatic carbocycles. The van der Waals surface area contributed by atoms with E-state index in [0.29, 0.717) is 89.4 Å². The molecule has 0 aliphatic carbocycles. The van der Waals surface area contributed by atoms with Gasteiger partial charge in [0.1, 0.15) is 35.6 Å². The Kier molecular flexibility index (Phi) is 15.5.